The summed E-state index contributed by atoms with van der Waals surface area (Å²) in [6.45, 7) is 0. The van der Waals surface area contributed by atoms with Crippen LogP contribution in [0.2, 0.25) is 0 Å². The van der Waals surface area contributed by atoms with Crippen LogP contribution in [0.15, 0.2) is 59.5 Å². The molecule has 0 spiro atoms. The molecule has 14 heavy (non-hydrogen) atoms. The molecule has 1 nitrogen and oxygen atoms in total. The summed E-state index contributed by atoms with van der Waals surface area (Å²) < 4.78 is 0. The van der Waals surface area contributed by atoms with Crippen LogP contribution in [0.5, 0.6) is 0 Å². The fourth-order valence-corrected chi connectivity index (χ4v) is 1.44. The molecule has 2 heteroatoms. The summed E-state index contributed by atoms with van der Waals surface area (Å²) >= 11 is 5.19. The van der Waals surface area contributed by atoms with E-state index in [4.69, 9.17) is 12.6 Å². The Morgan fingerprint density at radius 2 is 1.43 bits per heavy atom. The van der Waals surface area contributed by atoms with Crippen LogP contribution < -0.4 is 5.32 Å². The van der Waals surface area contributed by atoms with E-state index in [0.29, 0.717) is 0 Å². The number of nitrogens with one attached hydrogen (secondary N) is 1. The van der Waals surface area contributed by atoms with Gasteiger partial charge in [0.05, 0.1) is 10.6 Å². The van der Waals surface area contributed by atoms with Crippen molar-refractivity contribution in [3.63, 3.8) is 0 Å². The van der Waals surface area contributed by atoms with Crippen LogP contribution in [0, 0.1) is 0 Å². The molecule has 2 aromatic carbocycles. The third kappa shape index (κ3) is 2.03. The average Bonchev–Trinajstić information content (AvgIpc) is 2.23. The summed E-state index contributed by atoms with van der Waals surface area (Å²) in [5.41, 5.74) is 2.04. The minimum atomic E-state index is 0.844. The third-order valence-electron chi connectivity index (χ3n) is 1.94. The van der Waals surface area contributed by atoms with Gasteiger partial charge in [0.2, 0.25) is 0 Å². The third-order valence-corrected chi connectivity index (χ3v) is 2.30. The summed E-state index contributed by atoms with van der Waals surface area (Å²) in [7, 11) is 0. The first-order valence-corrected chi connectivity index (χ1v) is 4.85. The smallest absolute Gasteiger partial charge is 0.0612 e. The van der Waals surface area contributed by atoms with Gasteiger partial charge in [-0.15, -0.1) is 0 Å². The van der Waals surface area contributed by atoms with Crippen molar-refractivity contribution in [3.05, 3.63) is 54.6 Å². The minimum absolute atomic E-state index is 0.844. The molecule has 2 rings (SSSR count). The van der Waals surface area contributed by atoms with Crippen molar-refractivity contribution in [1.82, 2.24) is 0 Å². The Bertz CT molecular complexity index is 412. The first-order valence-electron chi connectivity index (χ1n) is 4.44. The SMILES string of the molecule is [S]c1ccccc1Nc1ccccc1. The molecule has 0 atom stereocenters. The van der Waals surface area contributed by atoms with Crippen LogP contribution >= 0.6 is 12.6 Å². The number of benzene rings is 2. The zero-order chi connectivity index (χ0) is 9.80. The molecule has 0 bridgehead atoms. The normalized spacial score (nSPS) is 9.71. The molecule has 0 saturated heterocycles. The highest BCUT2D eigenvalue weighted by molar-refractivity contribution is 7.80. The Kier molecular flexibility index (Phi) is 2.65. The van der Waals surface area contributed by atoms with Crippen LogP contribution in [0.25, 0.3) is 0 Å². The van der Waals surface area contributed by atoms with Gasteiger partial charge >= 0.3 is 0 Å². The van der Waals surface area contributed by atoms with Gasteiger partial charge in [-0.25, -0.2) is 0 Å². The van der Waals surface area contributed by atoms with Gasteiger partial charge in [-0.1, -0.05) is 43.0 Å². The predicted octanol–water partition coefficient (Wildman–Crippen LogP) is 3.99. The second kappa shape index (κ2) is 4.11. The maximum atomic E-state index is 5.19. The number of hydrogen-bond acceptors (Lipinski definition) is 1. The van der Waals surface area contributed by atoms with E-state index >= 15 is 0 Å². The van der Waals surface area contributed by atoms with E-state index in [1.165, 1.54) is 0 Å². The Hall–Kier alpha value is -1.54. The van der Waals surface area contributed by atoms with E-state index < -0.39 is 0 Å². The molecule has 2 aromatic rings. The summed E-state index contributed by atoms with van der Waals surface area (Å²) in [5.74, 6) is 0. The minimum Gasteiger partial charge on any atom is -0.354 e. The second-order valence-corrected chi connectivity index (χ2v) is 3.43. The lowest BCUT2D eigenvalue weighted by Crippen LogP contribution is -1.90. The highest BCUT2D eigenvalue weighted by atomic mass is 32.1. The number of anilines is 2. The lowest BCUT2D eigenvalue weighted by Gasteiger charge is -2.07. The fourth-order valence-electron chi connectivity index (χ4n) is 1.25. The van der Waals surface area contributed by atoms with Crippen molar-refractivity contribution in [1.29, 1.82) is 0 Å². The summed E-state index contributed by atoms with van der Waals surface area (Å²) in [6, 6.07) is 17.8. The van der Waals surface area contributed by atoms with Crippen LogP contribution in [0.3, 0.4) is 0 Å². The van der Waals surface area contributed by atoms with Crippen molar-refractivity contribution >= 4 is 24.0 Å². The molecule has 0 aliphatic carbocycles. The van der Waals surface area contributed by atoms with Gasteiger partial charge < -0.3 is 5.32 Å². The maximum Gasteiger partial charge on any atom is 0.0612 e. The van der Waals surface area contributed by atoms with E-state index in [1.807, 2.05) is 54.6 Å². The van der Waals surface area contributed by atoms with Crippen molar-refractivity contribution in [2.45, 2.75) is 4.90 Å². The molecule has 0 saturated carbocycles. The lowest BCUT2D eigenvalue weighted by molar-refractivity contribution is 1.42. The first kappa shape index (κ1) is 9.03. The number of hydrogen-bond donors (Lipinski definition) is 1. The Morgan fingerprint density at radius 1 is 0.786 bits per heavy atom. The molecule has 0 aliphatic heterocycles. The first-order chi connectivity index (χ1) is 6.86. The van der Waals surface area contributed by atoms with Crippen molar-refractivity contribution in [2.75, 3.05) is 5.32 Å². The van der Waals surface area contributed by atoms with Gasteiger partial charge in [0.25, 0.3) is 0 Å². The molecule has 0 aromatic heterocycles. The van der Waals surface area contributed by atoms with Crippen molar-refractivity contribution in [2.24, 2.45) is 0 Å². The topological polar surface area (TPSA) is 12.0 Å². The Balaban J connectivity index is 2.24. The molecule has 0 unspecified atom stereocenters. The highest BCUT2D eigenvalue weighted by Gasteiger charge is 1.97. The largest absolute Gasteiger partial charge is 0.354 e. The summed E-state index contributed by atoms with van der Waals surface area (Å²) in [5, 5.41) is 3.27. The highest BCUT2D eigenvalue weighted by Crippen LogP contribution is 2.22. The predicted molar refractivity (Wildman–Crippen MR) is 62.0 cm³/mol. The Morgan fingerprint density at radius 3 is 2.14 bits per heavy atom. The maximum absolute atomic E-state index is 5.19. The molecule has 69 valence electrons. The summed E-state index contributed by atoms with van der Waals surface area (Å²) in [6.07, 6.45) is 0. The van der Waals surface area contributed by atoms with Crippen LogP contribution in [-0.2, 0) is 0 Å². The zero-order valence-corrected chi connectivity index (χ0v) is 8.42. The molecule has 0 amide bonds. The van der Waals surface area contributed by atoms with E-state index in [2.05, 4.69) is 5.32 Å². The molecule has 0 aliphatic rings. The van der Waals surface area contributed by atoms with Gasteiger partial charge in [0.15, 0.2) is 0 Å². The van der Waals surface area contributed by atoms with Crippen LogP contribution in [-0.4, -0.2) is 0 Å². The monoisotopic (exact) mass is 200 g/mol. The van der Waals surface area contributed by atoms with Crippen LogP contribution in [0.1, 0.15) is 0 Å². The van der Waals surface area contributed by atoms with E-state index in [1.54, 1.807) is 0 Å². The number of rotatable bonds is 2. The zero-order valence-electron chi connectivity index (χ0n) is 7.60. The van der Waals surface area contributed by atoms with E-state index in [0.717, 1.165) is 16.3 Å². The molecular weight excluding hydrogens is 190 g/mol. The summed E-state index contributed by atoms with van der Waals surface area (Å²) in [4.78, 5) is 0.844. The van der Waals surface area contributed by atoms with Crippen LogP contribution in [0.4, 0.5) is 11.4 Å². The standard InChI is InChI=1S/C12H10NS/c14-12-9-5-4-8-11(12)13-10-6-2-1-3-7-10/h1-9,13H. The molecule has 0 fully saturated rings. The molecule has 1 N–H and O–H groups in total. The van der Waals surface area contributed by atoms with Crippen molar-refractivity contribution < 1.29 is 0 Å². The quantitative estimate of drug-likeness (QED) is 0.773. The van der Waals surface area contributed by atoms with E-state index in [9.17, 15) is 0 Å². The van der Waals surface area contributed by atoms with Gasteiger partial charge in [-0.2, -0.15) is 0 Å². The van der Waals surface area contributed by atoms with Gasteiger partial charge in [0, 0.05) is 5.69 Å². The Labute approximate surface area is 89.2 Å². The lowest BCUT2D eigenvalue weighted by atomic mass is 10.3. The molecule has 0 heterocycles. The van der Waals surface area contributed by atoms with Gasteiger partial charge in [-0.3, -0.25) is 0 Å². The number of para-hydroxylation sites is 2. The molecular formula is C12H10NS. The average molecular weight is 200 g/mol. The van der Waals surface area contributed by atoms with Crippen molar-refractivity contribution in [3.8, 4) is 0 Å². The molecule has 1 radical (unpaired) electrons. The second-order valence-electron chi connectivity index (χ2n) is 2.99. The van der Waals surface area contributed by atoms with Gasteiger partial charge in [-0.05, 0) is 24.3 Å². The van der Waals surface area contributed by atoms with Gasteiger partial charge in [0.1, 0.15) is 0 Å². The van der Waals surface area contributed by atoms with E-state index in [-0.39, 0.29) is 0 Å². The fraction of sp³-hybridized carbons (Fsp3) is 0.